The second-order valence-corrected chi connectivity index (χ2v) is 10.8. The van der Waals surface area contributed by atoms with E-state index in [0.29, 0.717) is 35.9 Å². The third kappa shape index (κ3) is 6.91. The first-order valence-electron chi connectivity index (χ1n) is 11.7. The van der Waals surface area contributed by atoms with Gasteiger partial charge in [-0.15, -0.1) is 0 Å². The number of rotatable bonds is 11. The van der Waals surface area contributed by atoms with Crippen molar-refractivity contribution in [2.75, 3.05) is 17.1 Å². The number of aliphatic hydroxyl groups excluding tert-OH is 1. The smallest absolute Gasteiger partial charge is 0.251 e. The van der Waals surface area contributed by atoms with Crippen LogP contribution in [-0.2, 0) is 16.4 Å². The number of amides is 1. The van der Waals surface area contributed by atoms with E-state index in [1.807, 2.05) is 36.4 Å². The van der Waals surface area contributed by atoms with Gasteiger partial charge in [-0.25, -0.2) is 12.7 Å². The summed E-state index contributed by atoms with van der Waals surface area (Å²) in [5.41, 5.74) is 2.16. The Balaban J connectivity index is 1.56. The second kappa shape index (κ2) is 11.0. The van der Waals surface area contributed by atoms with Crippen molar-refractivity contribution in [3.05, 3.63) is 96.1 Å². The van der Waals surface area contributed by atoms with Crippen LogP contribution in [0.3, 0.4) is 0 Å². The van der Waals surface area contributed by atoms with Crippen LogP contribution in [-0.4, -0.2) is 50.4 Å². The zero-order valence-corrected chi connectivity index (χ0v) is 20.5. The van der Waals surface area contributed by atoms with Crippen LogP contribution in [0.5, 0.6) is 0 Å². The normalized spacial score (nSPS) is 15.3. The Kier molecular flexibility index (Phi) is 7.85. The number of carbonyl (C=O) groups excluding carboxylic acids is 1. The molecule has 0 spiro atoms. The van der Waals surface area contributed by atoms with Gasteiger partial charge in [-0.05, 0) is 55.2 Å². The van der Waals surface area contributed by atoms with E-state index in [4.69, 9.17) is 0 Å². The molecule has 0 heterocycles. The molecule has 3 aromatic carbocycles. The summed E-state index contributed by atoms with van der Waals surface area (Å²) in [6.45, 7) is 0.387. The molecule has 4 rings (SSSR count). The summed E-state index contributed by atoms with van der Waals surface area (Å²) in [6.07, 6.45) is 3.03. The summed E-state index contributed by atoms with van der Waals surface area (Å²) in [5.74, 6) is -0.375. The van der Waals surface area contributed by atoms with Crippen molar-refractivity contribution in [2.24, 2.45) is 0 Å². The summed E-state index contributed by atoms with van der Waals surface area (Å²) in [4.78, 5) is 13.3. The van der Waals surface area contributed by atoms with Crippen molar-refractivity contribution in [3.8, 4) is 0 Å². The lowest BCUT2D eigenvalue weighted by molar-refractivity contribution is 0.0830. The van der Waals surface area contributed by atoms with Crippen LogP contribution in [0.2, 0.25) is 0 Å². The van der Waals surface area contributed by atoms with E-state index in [1.165, 1.54) is 4.31 Å². The van der Waals surface area contributed by atoms with E-state index in [0.717, 1.165) is 24.7 Å². The van der Waals surface area contributed by atoms with Gasteiger partial charge >= 0.3 is 0 Å². The van der Waals surface area contributed by atoms with Crippen molar-refractivity contribution in [2.45, 2.75) is 37.5 Å². The molecule has 3 N–H and O–H groups in total. The van der Waals surface area contributed by atoms with Crippen molar-refractivity contribution in [1.82, 2.24) is 10.6 Å². The standard InChI is InChI=1S/C27H31N3O4S/c1-35(33,34)30(23-12-6-3-7-13-23)24-14-8-11-21(18-24)27(32)29-25(17-20-9-4-2-5-10-20)26(31)19-28-22-15-16-22/h2-14,18,22,25-26,28,31H,15-17,19H2,1H3,(H,29,32)/t25-,26+/m0/s1. The fourth-order valence-electron chi connectivity index (χ4n) is 3.99. The predicted octanol–water partition coefficient (Wildman–Crippen LogP) is 3.24. The van der Waals surface area contributed by atoms with Crippen LogP contribution in [0.4, 0.5) is 11.4 Å². The van der Waals surface area contributed by atoms with Gasteiger partial charge in [-0.1, -0.05) is 54.6 Å². The first kappa shape index (κ1) is 24.9. The SMILES string of the molecule is CS(=O)(=O)N(c1ccccc1)c1cccc(C(=O)N[C@@H](Cc2ccccc2)[C@H](O)CNC2CC2)c1. The zero-order chi connectivity index (χ0) is 24.8. The topological polar surface area (TPSA) is 98.7 Å². The molecule has 8 heteroatoms. The van der Waals surface area contributed by atoms with Gasteiger partial charge in [0.25, 0.3) is 5.91 Å². The van der Waals surface area contributed by atoms with E-state index in [1.54, 1.807) is 48.5 Å². The molecule has 0 saturated heterocycles. The maximum atomic E-state index is 13.3. The van der Waals surface area contributed by atoms with Crippen LogP contribution in [0.1, 0.15) is 28.8 Å². The maximum Gasteiger partial charge on any atom is 0.251 e. The van der Waals surface area contributed by atoms with Gasteiger partial charge < -0.3 is 15.7 Å². The first-order valence-corrected chi connectivity index (χ1v) is 13.6. The summed E-state index contributed by atoms with van der Waals surface area (Å²) < 4.78 is 26.4. The fourth-order valence-corrected chi connectivity index (χ4v) is 4.99. The molecule has 35 heavy (non-hydrogen) atoms. The van der Waals surface area contributed by atoms with E-state index in [2.05, 4.69) is 10.6 Å². The third-order valence-electron chi connectivity index (χ3n) is 5.94. The minimum Gasteiger partial charge on any atom is -0.390 e. The number of para-hydroxylation sites is 1. The van der Waals surface area contributed by atoms with E-state index in [9.17, 15) is 18.3 Å². The Bertz CT molecular complexity index is 1230. The Labute approximate surface area is 206 Å². The number of carbonyl (C=O) groups is 1. The first-order chi connectivity index (χ1) is 16.8. The molecule has 0 aliphatic heterocycles. The number of sulfonamides is 1. The molecule has 0 aromatic heterocycles. The van der Waals surface area contributed by atoms with Gasteiger partial charge in [0, 0.05) is 18.2 Å². The molecule has 1 aliphatic rings. The molecule has 3 aromatic rings. The maximum absolute atomic E-state index is 13.3. The lowest BCUT2D eigenvalue weighted by Gasteiger charge is -2.26. The van der Waals surface area contributed by atoms with Gasteiger partial charge in [0.1, 0.15) is 0 Å². The van der Waals surface area contributed by atoms with Gasteiger partial charge in [0.2, 0.25) is 10.0 Å². The molecule has 7 nitrogen and oxygen atoms in total. The van der Waals surface area contributed by atoms with Gasteiger partial charge in [-0.2, -0.15) is 0 Å². The highest BCUT2D eigenvalue weighted by molar-refractivity contribution is 7.92. The highest BCUT2D eigenvalue weighted by Crippen LogP contribution is 2.29. The Morgan fingerprint density at radius 3 is 2.23 bits per heavy atom. The number of nitrogens with one attached hydrogen (secondary N) is 2. The fraction of sp³-hybridized carbons (Fsp3) is 0.296. The zero-order valence-electron chi connectivity index (χ0n) is 19.7. The summed E-state index contributed by atoms with van der Waals surface area (Å²) in [5, 5.41) is 17.2. The van der Waals surface area contributed by atoms with Crippen molar-refractivity contribution in [1.29, 1.82) is 0 Å². The van der Waals surface area contributed by atoms with Gasteiger partial charge in [0.05, 0.1) is 29.8 Å². The molecule has 1 fully saturated rings. The minimum absolute atomic E-state index is 0.312. The Hall–Kier alpha value is -3.20. The van der Waals surface area contributed by atoms with Crippen LogP contribution in [0, 0.1) is 0 Å². The van der Waals surface area contributed by atoms with Crippen LogP contribution < -0.4 is 14.9 Å². The van der Waals surface area contributed by atoms with E-state index in [-0.39, 0.29) is 5.91 Å². The lowest BCUT2D eigenvalue weighted by atomic mass is 10.0. The molecule has 1 saturated carbocycles. The minimum atomic E-state index is -3.65. The molecule has 0 bridgehead atoms. The lowest BCUT2D eigenvalue weighted by Crippen LogP contribution is -2.49. The highest BCUT2D eigenvalue weighted by Gasteiger charge is 2.27. The van der Waals surface area contributed by atoms with Gasteiger partial charge in [-0.3, -0.25) is 4.79 Å². The van der Waals surface area contributed by atoms with Crippen LogP contribution in [0.15, 0.2) is 84.9 Å². The quantitative estimate of drug-likeness (QED) is 0.381. The summed E-state index contributed by atoms with van der Waals surface area (Å²) >= 11 is 0. The highest BCUT2D eigenvalue weighted by atomic mass is 32.2. The largest absolute Gasteiger partial charge is 0.390 e. The third-order valence-corrected chi connectivity index (χ3v) is 7.02. The molecule has 2 atom stereocenters. The van der Waals surface area contributed by atoms with E-state index >= 15 is 0 Å². The average molecular weight is 494 g/mol. The predicted molar refractivity (Wildman–Crippen MR) is 138 cm³/mol. The molecule has 1 aliphatic carbocycles. The molecule has 0 unspecified atom stereocenters. The number of hydrogen-bond acceptors (Lipinski definition) is 5. The monoisotopic (exact) mass is 493 g/mol. The summed E-state index contributed by atoms with van der Waals surface area (Å²) in [6, 6.07) is 24.9. The number of hydrogen-bond donors (Lipinski definition) is 3. The van der Waals surface area contributed by atoms with Crippen molar-refractivity contribution >= 4 is 27.3 Å². The second-order valence-electron chi connectivity index (χ2n) is 8.93. The number of nitrogens with zero attached hydrogens (tertiary/aromatic N) is 1. The van der Waals surface area contributed by atoms with Crippen LogP contribution in [0.25, 0.3) is 0 Å². The number of benzene rings is 3. The van der Waals surface area contributed by atoms with Crippen molar-refractivity contribution < 1.29 is 18.3 Å². The number of anilines is 2. The molecule has 1 amide bonds. The molecule has 0 radical (unpaired) electrons. The van der Waals surface area contributed by atoms with E-state index < -0.39 is 22.2 Å². The Morgan fingerprint density at radius 2 is 1.60 bits per heavy atom. The molecular weight excluding hydrogens is 462 g/mol. The van der Waals surface area contributed by atoms with Crippen LogP contribution >= 0.6 is 0 Å². The van der Waals surface area contributed by atoms with Gasteiger partial charge in [0.15, 0.2) is 0 Å². The average Bonchev–Trinajstić information content (AvgIpc) is 3.67. The van der Waals surface area contributed by atoms with Crippen molar-refractivity contribution in [3.63, 3.8) is 0 Å². The number of aliphatic hydroxyl groups is 1. The molecule has 184 valence electrons. The summed E-state index contributed by atoms with van der Waals surface area (Å²) in [7, 11) is -3.65. The Morgan fingerprint density at radius 1 is 0.971 bits per heavy atom. The molecular formula is C27H31N3O4S.